The molecule has 1 atom stereocenters. The first-order chi connectivity index (χ1) is 12.1. The van der Waals surface area contributed by atoms with Crippen molar-refractivity contribution in [1.82, 2.24) is 19.2 Å². The summed E-state index contributed by atoms with van der Waals surface area (Å²) in [4.78, 5) is 4.38. The maximum atomic E-state index is 12.5. The average Bonchev–Trinajstić information content (AvgIpc) is 3.11. The summed E-state index contributed by atoms with van der Waals surface area (Å²) in [6.45, 7) is 1.64. The lowest BCUT2D eigenvalue weighted by molar-refractivity contribution is 0.118. The zero-order chi connectivity index (χ0) is 17.7. The van der Waals surface area contributed by atoms with Gasteiger partial charge in [0.2, 0.25) is 5.89 Å². The lowest BCUT2D eigenvalue weighted by Gasteiger charge is -2.31. The molecule has 3 rings (SSSR count). The molecule has 0 spiro atoms. The lowest BCUT2D eigenvalue weighted by Crippen LogP contribution is -2.46. The van der Waals surface area contributed by atoms with Crippen LogP contribution in [-0.2, 0) is 21.5 Å². The summed E-state index contributed by atoms with van der Waals surface area (Å²) in [5.74, 6) is 1.64. The molecule has 25 heavy (non-hydrogen) atoms. The number of nitrogens with zero attached hydrogens (tertiary/aromatic N) is 3. The second kappa shape index (κ2) is 8.57. The highest BCUT2D eigenvalue weighted by atomic mass is 32.2. The summed E-state index contributed by atoms with van der Waals surface area (Å²) in [6, 6.07) is 0. The van der Waals surface area contributed by atoms with Crippen LogP contribution in [0, 0.1) is 5.92 Å². The molecule has 9 heteroatoms. The van der Waals surface area contributed by atoms with Gasteiger partial charge in [-0.25, -0.2) is 0 Å². The molecule has 1 N–H and O–H groups in total. The Balaban J connectivity index is 1.54. The van der Waals surface area contributed by atoms with Crippen molar-refractivity contribution < 1.29 is 17.7 Å². The standard InChI is InChI=1S/C16H28N4O4S/c1-23-12-13-6-5-9-20(11-13)25(21,22)17-10-15-18-16(19-24-15)14-7-3-2-4-8-14/h13-14,17H,2-12H2,1H3. The van der Waals surface area contributed by atoms with Crippen molar-refractivity contribution >= 4 is 10.2 Å². The summed E-state index contributed by atoms with van der Waals surface area (Å²) in [7, 11) is -1.90. The van der Waals surface area contributed by atoms with Crippen LogP contribution < -0.4 is 4.72 Å². The summed E-state index contributed by atoms with van der Waals surface area (Å²) in [5.41, 5.74) is 0. The van der Waals surface area contributed by atoms with Crippen LogP contribution in [-0.4, -0.2) is 49.7 Å². The van der Waals surface area contributed by atoms with Crippen LogP contribution in [0.25, 0.3) is 0 Å². The summed E-state index contributed by atoms with van der Waals surface area (Å²) in [6.07, 6.45) is 7.66. The Morgan fingerprint density at radius 2 is 2.04 bits per heavy atom. The fourth-order valence-corrected chi connectivity index (χ4v) is 4.99. The van der Waals surface area contributed by atoms with E-state index < -0.39 is 10.2 Å². The molecule has 2 aliphatic rings. The van der Waals surface area contributed by atoms with Gasteiger partial charge in [0, 0.05) is 26.1 Å². The first-order valence-electron chi connectivity index (χ1n) is 9.14. The number of aromatic nitrogens is 2. The molecular formula is C16H28N4O4S. The predicted molar refractivity (Wildman–Crippen MR) is 92.1 cm³/mol. The fourth-order valence-electron chi connectivity index (χ4n) is 3.73. The van der Waals surface area contributed by atoms with E-state index >= 15 is 0 Å². The summed E-state index contributed by atoms with van der Waals surface area (Å²) in [5, 5.41) is 4.04. The van der Waals surface area contributed by atoms with E-state index in [2.05, 4.69) is 14.9 Å². The van der Waals surface area contributed by atoms with E-state index in [1.807, 2.05) is 0 Å². The zero-order valence-corrected chi connectivity index (χ0v) is 15.6. The van der Waals surface area contributed by atoms with Gasteiger partial charge < -0.3 is 9.26 Å². The van der Waals surface area contributed by atoms with Gasteiger partial charge in [0.05, 0.1) is 13.2 Å². The zero-order valence-electron chi connectivity index (χ0n) is 14.8. The molecule has 1 aliphatic carbocycles. The minimum atomic E-state index is -3.55. The van der Waals surface area contributed by atoms with Gasteiger partial charge in [-0.2, -0.15) is 22.4 Å². The second-order valence-corrected chi connectivity index (χ2v) is 8.78. The maximum absolute atomic E-state index is 12.5. The van der Waals surface area contributed by atoms with Crippen LogP contribution in [0.5, 0.6) is 0 Å². The quantitative estimate of drug-likeness (QED) is 0.784. The van der Waals surface area contributed by atoms with Crippen molar-refractivity contribution in [3.05, 3.63) is 11.7 Å². The van der Waals surface area contributed by atoms with Crippen LogP contribution >= 0.6 is 0 Å². The van der Waals surface area contributed by atoms with E-state index in [9.17, 15) is 8.42 Å². The van der Waals surface area contributed by atoms with Gasteiger partial charge in [-0.05, 0) is 31.6 Å². The second-order valence-electron chi connectivity index (χ2n) is 7.03. The van der Waals surface area contributed by atoms with Crippen molar-refractivity contribution in [1.29, 1.82) is 0 Å². The molecule has 1 aliphatic heterocycles. The van der Waals surface area contributed by atoms with Crippen molar-refractivity contribution in [2.45, 2.75) is 57.4 Å². The van der Waals surface area contributed by atoms with Gasteiger partial charge >= 0.3 is 0 Å². The molecule has 1 aromatic rings. The molecule has 8 nitrogen and oxygen atoms in total. The van der Waals surface area contributed by atoms with Gasteiger partial charge in [-0.3, -0.25) is 0 Å². The smallest absolute Gasteiger partial charge is 0.279 e. The number of hydrogen-bond acceptors (Lipinski definition) is 6. The molecular weight excluding hydrogens is 344 g/mol. The largest absolute Gasteiger partial charge is 0.384 e. The number of hydrogen-bond donors (Lipinski definition) is 1. The van der Waals surface area contributed by atoms with Gasteiger partial charge in [-0.1, -0.05) is 24.4 Å². The van der Waals surface area contributed by atoms with E-state index in [4.69, 9.17) is 9.26 Å². The topological polar surface area (TPSA) is 97.6 Å². The van der Waals surface area contributed by atoms with E-state index in [-0.39, 0.29) is 12.5 Å². The van der Waals surface area contributed by atoms with Crippen molar-refractivity contribution in [3.63, 3.8) is 0 Å². The average molecular weight is 372 g/mol. The molecule has 2 fully saturated rings. The number of methoxy groups -OCH3 is 1. The predicted octanol–water partition coefficient (Wildman–Crippen LogP) is 1.81. The molecule has 0 bridgehead atoms. The molecule has 142 valence electrons. The molecule has 1 saturated heterocycles. The number of nitrogens with one attached hydrogen (secondary N) is 1. The van der Waals surface area contributed by atoms with Gasteiger partial charge in [0.15, 0.2) is 5.82 Å². The summed E-state index contributed by atoms with van der Waals surface area (Å²) >= 11 is 0. The minimum Gasteiger partial charge on any atom is -0.384 e. The highest BCUT2D eigenvalue weighted by Gasteiger charge is 2.29. The Labute approximate surface area is 149 Å². The Bertz CT molecular complexity index is 640. The van der Waals surface area contributed by atoms with E-state index in [1.165, 1.54) is 23.6 Å². The van der Waals surface area contributed by atoms with E-state index in [0.29, 0.717) is 37.3 Å². The van der Waals surface area contributed by atoms with Crippen LogP contribution in [0.3, 0.4) is 0 Å². The Hall–Kier alpha value is -1.03. The molecule has 1 aromatic heterocycles. The third-order valence-electron chi connectivity index (χ3n) is 5.08. The third-order valence-corrected chi connectivity index (χ3v) is 6.60. The van der Waals surface area contributed by atoms with Crippen LogP contribution in [0.15, 0.2) is 4.52 Å². The molecule has 0 amide bonds. The Morgan fingerprint density at radius 1 is 1.24 bits per heavy atom. The van der Waals surface area contributed by atoms with E-state index in [1.54, 1.807) is 7.11 Å². The van der Waals surface area contributed by atoms with Gasteiger partial charge in [0.1, 0.15) is 0 Å². The van der Waals surface area contributed by atoms with Crippen LogP contribution in [0.4, 0.5) is 0 Å². The van der Waals surface area contributed by atoms with Gasteiger partial charge in [-0.15, -0.1) is 0 Å². The molecule has 2 heterocycles. The maximum Gasteiger partial charge on any atom is 0.279 e. The van der Waals surface area contributed by atoms with E-state index in [0.717, 1.165) is 25.7 Å². The van der Waals surface area contributed by atoms with Crippen LogP contribution in [0.2, 0.25) is 0 Å². The Morgan fingerprint density at radius 3 is 2.80 bits per heavy atom. The minimum absolute atomic E-state index is 0.0352. The third kappa shape index (κ3) is 4.99. The van der Waals surface area contributed by atoms with Crippen LogP contribution in [0.1, 0.15) is 62.6 Å². The van der Waals surface area contributed by atoms with Crippen molar-refractivity contribution in [2.75, 3.05) is 26.8 Å². The number of rotatable bonds is 7. The number of piperidine rings is 1. The molecule has 1 saturated carbocycles. The summed E-state index contributed by atoms with van der Waals surface area (Å²) < 4.78 is 39.5. The highest BCUT2D eigenvalue weighted by molar-refractivity contribution is 7.87. The monoisotopic (exact) mass is 372 g/mol. The lowest BCUT2D eigenvalue weighted by atomic mass is 9.89. The molecule has 0 aromatic carbocycles. The van der Waals surface area contributed by atoms with Crippen molar-refractivity contribution in [2.24, 2.45) is 5.92 Å². The number of ether oxygens (including phenoxy) is 1. The van der Waals surface area contributed by atoms with Gasteiger partial charge in [0.25, 0.3) is 10.2 Å². The first kappa shape index (κ1) is 18.8. The highest BCUT2D eigenvalue weighted by Crippen LogP contribution is 2.30. The normalized spacial score (nSPS) is 23.8. The first-order valence-corrected chi connectivity index (χ1v) is 10.6. The fraction of sp³-hybridized carbons (Fsp3) is 0.875. The SMILES string of the molecule is COCC1CCCN(S(=O)(=O)NCc2nc(C3CCCCC3)no2)C1. The Kier molecular flexibility index (Phi) is 6.43. The molecule has 0 radical (unpaired) electrons. The molecule has 1 unspecified atom stereocenters. The van der Waals surface area contributed by atoms with Crippen molar-refractivity contribution in [3.8, 4) is 0 Å².